The number of nitrogens with zero attached hydrogens (tertiary/aromatic N) is 2. The van der Waals surface area contributed by atoms with E-state index < -0.39 is 10.9 Å². The van der Waals surface area contributed by atoms with Crippen LogP contribution < -0.4 is 0 Å². The maximum atomic E-state index is 10.6. The molecule has 13 heavy (non-hydrogen) atoms. The quantitative estimate of drug-likeness (QED) is 0.588. The minimum atomic E-state index is -2.38. The second-order valence-corrected chi connectivity index (χ2v) is 4.07. The van der Waals surface area contributed by atoms with Gasteiger partial charge in [-0.05, 0) is 0 Å². The van der Waals surface area contributed by atoms with Crippen LogP contribution >= 0.6 is 0 Å². The maximum Gasteiger partial charge on any atom is 0.204 e. The number of piperazine rings is 1. The lowest BCUT2D eigenvalue weighted by molar-refractivity contribution is 0.124. The van der Waals surface area contributed by atoms with Gasteiger partial charge in [-0.3, -0.25) is 4.90 Å². The van der Waals surface area contributed by atoms with E-state index in [1.807, 2.05) is 0 Å². The predicted molar refractivity (Wildman–Crippen MR) is 50.2 cm³/mol. The van der Waals surface area contributed by atoms with E-state index in [9.17, 15) is 8.42 Å². The Bertz CT molecular complexity index is 204. The van der Waals surface area contributed by atoms with Crippen LogP contribution in [0.25, 0.3) is 0 Å². The Balaban J connectivity index is 2.22. The Labute approximate surface area is 80.3 Å². The van der Waals surface area contributed by atoms with Crippen LogP contribution in [-0.4, -0.2) is 64.1 Å². The van der Waals surface area contributed by atoms with E-state index in [2.05, 4.69) is 4.90 Å². The Morgan fingerprint density at radius 1 is 1.23 bits per heavy atom. The molecule has 0 aromatic heterocycles. The first-order valence-electron chi connectivity index (χ1n) is 4.34. The molecule has 1 saturated heterocycles. The molecular formula is C7H16N2O3S. The van der Waals surface area contributed by atoms with Crippen LogP contribution in [0.4, 0.5) is 0 Å². The lowest BCUT2D eigenvalue weighted by Gasteiger charge is -2.30. The van der Waals surface area contributed by atoms with Crippen LogP contribution in [0.3, 0.4) is 0 Å². The van der Waals surface area contributed by atoms with E-state index >= 15 is 0 Å². The summed E-state index contributed by atoms with van der Waals surface area (Å²) in [6, 6.07) is 0. The first kappa shape index (κ1) is 10.9. The molecule has 0 unspecified atom stereocenters. The van der Waals surface area contributed by atoms with Crippen LogP contribution in [-0.2, 0) is 15.6 Å². The van der Waals surface area contributed by atoms with E-state index in [1.165, 1.54) is 4.31 Å². The molecule has 5 nitrogen and oxygen atoms in total. The summed E-state index contributed by atoms with van der Waals surface area (Å²) in [5.41, 5.74) is 0. The summed E-state index contributed by atoms with van der Waals surface area (Å²) in [6.45, 7) is 4.45. The molecular weight excluding hydrogens is 192 g/mol. The number of hydrogen-bond donors (Lipinski definition) is 1. The molecule has 0 aromatic carbocycles. The average Bonchev–Trinajstić information content (AvgIpc) is 2.15. The maximum absolute atomic E-state index is 10.6. The lowest BCUT2D eigenvalue weighted by Crippen LogP contribution is -2.46. The molecule has 1 aliphatic rings. The highest BCUT2D eigenvalue weighted by atomic mass is 32.2. The zero-order chi connectivity index (χ0) is 9.68. The molecule has 78 valence electrons. The number of hydrogen-bond acceptors (Lipinski definition) is 4. The van der Waals surface area contributed by atoms with Crippen molar-refractivity contribution >= 4 is 10.9 Å². The summed E-state index contributed by atoms with van der Waals surface area (Å²) >= 11 is 0. The zero-order valence-corrected chi connectivity index (χ0v) is 8.70. The third-order valence-electron chi connectivity index (χ3n) is 2.19. The van der Waals surface area contributed by atoms with Gasteiger partial charge in [-0.1, -0.05) is 0 Å². The number of methoxy groups -OCH3 is 1. The largest absolute Gasteiger partial charge is 0.383 e. The van der Waals surface area contributed by atoms with E-state index in [4.69, 9.17) is 4.74 Å². The Morgan fingerprint density at radius 2 is 1.85 bits per heavy atom. The molecule has 0 bridgehead atoms. The number of ether oxygens (including phenoxy) is 1. The summed E-state index contributed by atoms with van der Waals surface area (Å²) in [6.07, 6.45) is 0. The highest BCUT2D eigenvalue weighted by Gasteiger charge is 2.17. The smallest absolute Gasteiger partial charge is 0.204 e. The van der Waals surface area contributed by atoms with Crippen molar-refractivity contribution in [1.82, 2.24) is 9.21 Å². The van der Waals surface area contributed by atoms with Gasteiger partial charge in [-0.15, -0.1) is 0 Å². The van der Waals surface area contributed by atoms with Crippen molar-refractivity contribution in [1.29, 1.82) is 0 Å². The number of thiol groups is 1. The Hall–Kier alpha value is -0.170. The molecule has 1 rings (SSSR count). The van der Waals surface area contributed by atoms with Gasteiger partial charge in [0.15, 0.2) is 0 Å². The molecule has 0 aromatic rings. The molecule has 0 N–H and O–H groups in total. The topological polar surface area (TPSA) is 49.9 Å². The van der Waals surface area contributed by atoms with Crippen molar-refractivity contribution in [3.63, 3.8) is 0 Å². The molecule has 0 amide bonds. The molecule has 0 saturated carbocycles. The molecule has 0 radical (unpaired) electrons. The minimum absolute atomic E-state index is 0.614. The molecule has 6 heteroatoms. The number of rotatable bonds is 4. The van der Waals surface area contributed by atoms with E-state index in [0.717, 1.165) is 19.6 Å². The SMILES string of the molecule is COCCN1CCN([SH](=O)=O)CC1. The normalized spacial score (nSPS) is 21.1. The standard InChI is InChI=1S/C7H16N2O3S/c1-12-7-6-8-2-4-9(5-3-8)13(10)11/h13H,2-7H2,1H3. The second kappa shape index (κ2) is 5.54. The first-order valence-corrected chi connectivity index (χ1v) is 5.47. The van der Waals surface area contributed by atoms with Crippen molar-refractivity contribution in [2.75, 3.05) is 46.4 Å². The van der Waals surface area contributed by atoms with Gasteiger partial charge in [0.25, 0.3) is 0 Å². The summed E-state index contributed by atoms with van der Waals surface area (Å²) in [5.74, 6) is 0. The van der Waals surface area contributed by atoms with Gasteiger partial charge >= 0.3 is 0 Å². The predicted octanol–water partition coefficient (Wildman–Crippen LogP) is -1.22. The molecule has 0 atom stereocenters. The molecule has 1 heterocycles. The second-order valence-electron chi connectivity index (χ2n) is 3.03. The summed E-state index contributed by atoms with van der Waals surface area (Å²) in [7, 11) is -0.704. The van der Waals surface area contributed by atoms with Crippen molar-refractivity contribution in [3.8, 4) is 0 Å². The van der Waals surface area contributed by atoms with E-state index in [1.54, 1.807) is 7.11 Å². The van der Waals surface area contributed by atoms with Gasteiger partial charge in [0.1, 0.15) is 0 Å². The molecule has 1 fully saturated rings. The van der Waals surface area contributed by atoms with Gasteiger partial charge in [-0.2, -0.15) is 0 Å². The Morgan fingerprint density at radius 3 is 2.31 bits per heavy atom. The third kappa shape index (κ3) is 3.60. The van der Waals surface area contributed by atoms with Gasteiger partial charge in [-0.25, -0.2) is 12.7 Å². The highest BCUT2D eigenvalue weighted by molar-refractivity contribution is 7.69. The minimum Gasteiger partial charge on any atom is -0.383 e. The van der Waals surface area contributed by atoms with Crippen LogP contribution in [0.5, 0.6) is 0 Å². The zero-order valence-electron chi connectivity index (χ0n) is 7.81. The van der Waals surface area contributed by atoms with Crippen LogP contribution in [0.15, 0.2) is 0 Å². The summed E-state index contributed by atoms with van der Waals surface area (Å²) in [5, 5.41) is 0. The molecule has 0 spiro atoms. The molecule has 1 aliphatic heterocycles. The fourth-order valence-corrected chi connectivity index (χ4v) is 1.85. The van der Waals surface area contributed by atoms with Gasteiger partial charge in [0.2, 0.25) is 10.9 Å². The van der Waals surface area contributed by atoms with Crippen molar-refractivity contribution < 1.29 is 13.2 Å². The van der Waals surface area contributed by atoms with Crippen molar-refractivity contribution in [3.05, 3.63) is 0 Å². The van der Waals surface area contributed by atoms with Gasteiger partial charge in [0.05, 0.1) is 6.61 Å². The fourth-order valence-electron chi connectivity index (χ4n) is 1.34. The monoisotopic (exact) mass is 208 g/mol. The molecule has 0 aliphatic carbocycles. The average molecular weight is 208 g/mol. The first-order chi connectivity index (χ1) is 6.24. The van der Waals surface area contributed by atoms with Crippen LogP contribution in [0.1, 0.15) is 0 Å². The van der Waals surface area contributed by atoms with Crippen molar-refractivity contribution in [2.24, 2.45) is 0 Å². The van der Waals surface area contributed by atoms with Gasteiger partial charge < -0.3 is 4.74 Å². The van der Waals surface area contributed by atoms with Crippen LogP contribution in [0, 0.1) is 0 Å². The fraction of sp³-hybridized carbons (Fsp3) is 1.00. The lowest BCUT2D eigenvalue weighted by atomic mass is 10.4. The highest BCUT2D eigenvalue weighted by Crippen LogP contribution is 2.00. The summed E-state index contributed by atoms with van der Waals surface area (Å²) in [4.78, 5) is 2.21. The van der Waals surface area contributed by atoms with Crippen molar-refractivity contribution in [2.45, 2.75) is 0 Å². The summed E-state index contributed by atoms with van der Waals surface area (Å²) < 4.78 is 27.6. The third-order valence-corrected chi connectivity index (χ3v) is 3.05. The Kier molecular flexibility index (Phi) is 4.65. The van der Waals surface area contributed by atoms with E-state index in [-0.39, 0.29) is 0 Å². The van der Waals surface area contributed by atoms with Crippen LogP contribution in [0.2, 0.25) is 0 Å². The van der Waals surface area contributed by atoms with Gasteiger partial charge in [0, 0.05) is 39.8 Å². The van der Waals surface area contributed by atoms with E-state index in [0.29, 0.717) is 19.7 Å².